The van der Waals surface area contributed by atoms with Crippen LogP contribution in [0.1, 0.15) is 49.7 Å². The van der Waals surface area contributed by atoms with Crippen LogP contribution in [0.25, 0.3) is 0 Å². The first kappa shape index (κ1) is 27.1. The molecule has 7 heteroatoms. The Kier molecular flexibility index (Phi) is 9.94. The number of rotatable bonds is 9. The van der Waals surface area contributed by atoms with Crippen LogP contribution in [0.4, 0.5) is 9.18 Å². The van der Waals surface area contributed by atoms with Gasteiger partial charge in [-0.05, 0) is 73.7 Å². The Morgan fingerprint density at radius 1 is 1.00 bits per heavy atom. The van der Waals surface area contributed by atoms with E-state index in [2.05, 4.69) is 15.5 Å². The van der Waals surface area contributed by atoms with E-state index >= 15 is 0 Å². The van der Waals surface area contributed by atoms with Crippen molar-refractivity contribution < 1.29 is 18.7 Å². The second-order valence-electron chi connectivity index (χ2n) is 10.6. The van der Waals surface area contributed by atoms with Crippen molar-refractivity contribution in [2.24, 2.45) is 11.8 Å². The molecule has 1 saturated heterocycles. The van der Waals surface area contributed by atoms with Crippen LogP contribution >= 0.6 is 0 Å². The molecule has 4 atom stereocenters. The number of esters is 1. The predicted octanol–water partition coefficient (Wildman–Crippen LogP) is 4.72. The Hall–Kier alpha value is -2.93. The summed E-state index contributed by atoms with van der Waals surface area (Å²) < 4.78 is 18.2. The van der Waals surface area contributed by atoms with Gasteiger partial charge in [0, 0.05) is 25.6 Å². The number of piperidine rings is 1. The van der Waals surface area contributed by atoms with E-state index in [4.69, 9.17) is 4.74 Å². The highest BCUT2D eigenvalue weighted by molar-refractivity contribution is 5.83. The van der Waals surface area contributed by atoms with Gasteiger partial charge in [0.1, 0.15) is 11.9 Å². The lowest BCUT2D eigenvalue weighted by Crippen LogP contribution is -2.54. The van der Waals surface area contributed by atoms with E-state index in [1.54, 1.807) is 12.1 Å². The van der Waals surface area contributed by atoms with Crippen LogP contribution in [0.3, 0.4) is 0 Å². The molecule has 0 aromatic heterocycles. The number of nitrogens with zero attached hydrogens (tertiary/aromatic N) is 1. The van der Waals surface area contributed by atoms with E-state index in [0.29, 0.717) is 18.3 Å². The average molecular weight is 510 g/mol. The SMILES string of the molecule is COC(=O)[C@H](Cc1ccccc1)NC(=O)N[C@@H]1CCCC[C@H]1CN1CCC[C@@H](Cc2ccc(F)cc2)C1. The number of carbonyl (C=O) groups excluding carboxylic acids is 2. The second kappa shape index (κ2) is 13.6. The van der Waals surface area contributed by atoms with E-state index in [9.17, 15) is 14.0 Å². The molecule has 1 aliphatic carbocycles. The first-order chi connectivity index (χ1) is 18.0. The quantitative estimate of drug-likeness (QED) is 0.480. The maximum atomic E-state index is 13.3. The molecule has 1 heterocycles. The first-order valence-corrected chi connectivity index (χ1v) is 13.7. The van der Waals surface area contributed by atoms with Gasteiger partial charge in [-0.15, -0.1) is 0 Å². The molecule has 0 spiro atoms. The smallest absolute Gasteiger partial charge is 0.328 e. The van der Waals surface area contributed by atoms with E-state index < -0.39 is 12.0 Å². The summed E-state index contributed by atoms with van der Waals surface area (Å²) in [5.74, 6) is 0.317. The number of benzene rings is 2. The van der Waals surface area contributed by atoms with Crippen molar-refractivity contribution in [3.63, 3.8) is 0 Å². The van der Waals surface area contributed by atoms with Crippen LogP contribution in [0, 0.1) is 17.7 Å². The minimum Gasteiger partial charge on any atom is -0.467 e. The molecule has 2 amide bonds. The molecule has 37 heavy (non-hydrogen) atoms. The summed E-state index contributed by atoms with van der Waals surface area (Å²) in [4.78, 5) is 27.9. The van der Waals surface area contributed by atoms with Crippen molar-refractivity contribution in [3.8, 4) is 0 Å². The standard InChI is InChI=1S/C30H40FN3O3/c1-37-29(35)28(19-22-8-3-2-4-9-22)33-30(36)32-27-12-6-5-11-25(27)21-34-17-7-10-24(20-34)18-23-13-15-26(31)16-14-23/h2-4,8-9,13-16,24-25,27-28H,5-7,10-12,17-21H2,1H3,(H2,32,33,36)/t24-,25-,27+,28-/m0/s1. The van der Waals surface area contributed by atoms with Gasteiger partial charge in [0.2, 0.25) is 0 Å². The normalized spacial score (nSPS) is 23.1. The molecule has 2 N–H and O–H groups in total. The average Bonchev–Trinajstić information content (AvgIpc) is 2.91. The highest BCUT2D eigenvalue weighted by atomic mass is 19.1. The van der Waals surface area contributed by atoms with Crippen LogP contribution in [0.5, 0.6) is 0 Å². The number of urea groups is 1. The van der Waals surface area contributed by atoms with Crippen LogP contribution < -0.4 is 10.6 Å². The Morgan fingerprint density at radius 3 is 2.51 bits per heavy atom. The lowest BCUT2D eigenvalue weighted by atomic mass is 9.83. The van der Waals surface area contributed by atoms with Crippen LogP contribution in [-0.2, 0) is 22.4 Å². The van der Waals surface area contributed by atoms with E-state index in [0.717, 1.165) is 57.3 Å². The lowest BCUT2D eigenvalue weighted by molar-refractivity contribution is -0.142. The van der Waals surface area contributed by atoms with Gasteiger partial charge >= 0.3 is 12.0 Å². The molecule has 200 valence electrons. The number of hydrogen-bond donors (Lipinski definition) is 2. The van der Waals surface area contributed by atoms with Crippen molar-refractivity contribution in [3.05, 3.63) is 71.5 Å². The molecule has 0 unspecified atom stereocenters. The molecule has 0 radical (unpaired) electrons. The highest BCUT2D eigenvalue weighted by Crippen LogP contribution is 2.28. The molecular weight excluding hydrogens is 469 g/mol. The van der Waals surface area contributed by atoms with Crippen molar-refractivity contribution in [1.82, 2.24) is 15.5 Å². The second-order valence-corrected chi connectivity index (χ2v) is 10.6. The zero-order valence-electron chi connectivity index (χ0n) is 21.8. The van der Waals surface area contributed by atoms with Crippen molar-refractivity contribution in [2.75, 3.05) is 26.7 Å². The summed E-state index contributed by atoms with van der Waals surface area (Å²) in [5.41, 5.74) is 2.16. The third kappa shape index (κ3) is 8.29. The number of methoxy groups -OCH3 is 1. The van der Waals surface area contributed by atoms with Crippen molar-refractivity contribution >= 4 is 12.0 Å². The summed E-state index contributed by atoms with van der Waals surface area (Å²) in [5, 5.41) is 6.05. The Morgan fingerprint density at radius 2 is 1.76 bits per heavy atom. The molecule has 2 aliphatic rings. The minimum absolute atomic E-state index is 0.0845. The summed E-state index contributed by atoms with van der Waals surface area (Å²) in [6.45, 7) is 3.08. The molecular formula is C30H40FN3O3. The molecule has 1 saturated carbocycles. The Balaban J connectivity index is 1.31. The number of amides is 2. The maximum absolute atomic E-state index is 13.3. The molecule has 1 aliphatic heterocycles. The van der Waals surface area contributed by atoms with Gasteiger partial charge in [-0.1, -0.05) is 55.3 Å². The fourth-order valence-electron chi connectivity index (χ4n) is 5.94. The van der Waals surface area contributed by atoms with Gasteiger partial charge in [-0.2, -0.15) is 0 Å². The monoisotopic (exact) mass is 509 g/mol. The molecule has 2 aromatic carbocycles. The predicted molar refractivity (Wildman–Crippen MR) is 143 cm³/mol. The number of carbonyl (C=O) groups is 2. The first-order valence-electron chi connectivity index (χ1n) is 13.7. The number of nitrogens with one attached hydrogen (secondary N) is 2. The molecule has 4 rings (SSSR count). The fraction of sp³-hybridized carbons (Fsp3) is 0.533. The molecule has 6 nitrogen and oxygen atoms in total. The van der Waals surface area contributed by atoms with Crippen LogP contribution in [-0.4, -0.2) is 55.7 Å². The zero-order valence-corrected chi connectivity index (χ0v) is 21.8. The lowest BCUT2D eigenvalue weighted by Gasteiger charge is -2.39. The zero-order chi connectivity index (χ0) is 26.0. The summed E-state index contributed by atoms with van der Waals surface area (Å²) in [6.07, 6.45) is 8.03. The van der Waals surface area contributed by atoms with E-state index in [1.807, 2.05) is 42.5 Å². The molecule has 2 fully saturated rings. The van der Waals surface area contributed by atoms with Crippen LogP contribution in [0.2, 0.25) is 0 Å². The third-order valence-electron chi connectivity index (χ3n) is 7.83. The molecule has 2 aromatic rings. The van der Waals surface area contributed by atoms with Gasteiger partial charge in [0.15, 0.2) is 0 Å². The number of halogens is 1. The van der Waals surface area contributed by atoms with Gasteiger partial charge in [0.05, 0.1) is 7.11 Å². The number of likely N-dealkylation sites (tertiary alicyclic amines) is 1. The van der Waals surface area contributed by atoms with Gasteiger partial charge < -0.3 is 20.3 Å². The van der Waals surface area contributed by atoms with E-state index in [-0.39, 0.29) is 17.9 Å². The van der Waals surface area contributed by atoms with Crippen LogP contribution in [0.15, 0.2) is 54.6 Å². The summed E-state index contributed by atoms with van der Waals surface area (Å²) in [6, 6.07) is 15.6. The van der Waals surface area contributed by atoms with Crippen molar-refractivity contribution in [1.29, 1.82) is 0 Å². The summed E-state index contributed by atoms with van der Waals surface area (Å²) >= 11 is 0. The van der Waals surface area contributed by atoms with Crippen molar-refractivity contribution in [2.45, 2.75) is 63.5 Å². The Bertz CT molecular complexity index is 1000. The van der Waals surface area contributed by atoms with E-state index in [1.165, 1.54) is 25.5 Å². The number of ether oxygens (including phenoxy) is 1. The highest BCUT2D eigenvalue weighted by Gasteiger charge is 2.31. The van der Waals surface area contributed by atoms with Gasteiger partial charge in [-0.3, -0.25) is 0 Å². The number of hydrogen-bond acceptors (Lipinski definition) is 4. The maximum Gasteiger partial charge on any atom is 0.328 e. The topological polar surface area (TPSA) is 70.7 Å². The minimum atomic E-state index is -0.733. The summed E-state index contributed by atoms with van der Waals surface area (Å²) in [7, 11) is 1.35. The van der Waals surface area contributed by atoms with Gasteiger partial charge in [-0.25, -0.2) is 14.0 Å². The fourth-order valence-corrected chi connectivity index (χ4v) is 5.94. The largest absolute Gasteiger partial charge is 0.467 e. The van der Waals surface area contributed by atoms with Gasteiger partial charge in [0.25, 0.3) is 0 Å². The third-order valence-corrected chi connectivity index (χ3v) is 7.83. The molecule has 0 bridgehead atoms. The Labute approximate surface area is 220 Å².